The Morgan fingerprint density at radius 1 is 1.07 bits per heavy atom. The lowest BCUT2D eigenvalue weighted by Crippen LogP contribution is -2.42. The predicted octanol–water partition coefficient (Wildman–Crippen LogP) is 3.88. The SMILES string of the molecule is C[C@@H]1C[C@@H](C)CN(S(=O)(=O)c2ccc(F)c(C(=O)Nc3cccc(F)c3)c2)C1. The lowest BCUT2D eigenvalue weighted by atomic mass is 9.94. The van der Waals surface area contributed by atoms with Gasteiger partial charge in [-0.2, -0.15) is 4.31 Å². The Balaban J connectivity index is 1.89. The molecule has 1 heterocycles. The number of rotatable bonds is 4. The van der Waals surface area contributed by atoms with Gasteiger partial charge in [0.25, 0.3) is 5.91 Å². The third-order valence-corrected chi connectivity index (χ3v) is 6.57. The second-order valence-electron chi connectivity index (χ2n) is 7.37. The van der Waals surface area contributed by atoms with Crippen molar-refractivity contribution < 1.29 is 22.0 Å². The predicted molar refractivity (Wildman–Crippen MR) is 102 cm³/mol. The minimum Gasteiger partial charge on any atom is -0.322 e. The number of anilines is 1. The molecule has 0 unspecified atom stereocenters. The van der Waals surface area contributed by atoms with E-state index in [0.29, 0.717) is 13.1 Å². The van der Waals surface area contributed by atoms with Gasteiger partial charge in [0.05, 0.1) is 10.5 Å². The topological polar surface area (TPSA) is 66.5 Å². The highest BCUT2D eigenvalue weighted by Gasteiger charge is 2.32. The molecule has 1 aliphatic heterocycles. The molecule has 2 atom stereocenters. The van der Waals surface area contributed by atoms with Crippen molar-refractivity contribution in [1.82, 2.24) is 4.31 Å². The number of nitrogens with zero attached hydrogens (tertiary/aromatic N) is 1. The standard InChI is InChI=1S/C20H22F2N2O3S/c1-13-8-14(2)12-24(11-13)28(26,27)17-6-7-19(22)18(10-17)20(25)23-16-5-3-4-15(21)9-16/h3-7,9-10,13-14H,8,11-12H2,1-2H3,(H,23,25)/t13-,14-/m1/s1. The van der Waals surface area contributed by atoms with E-state index in [1.54, 1.807) is 0 Å². The average molecular weight is 408 g/mol. The van der Waals surface area contributed by atoms with Crippen LogP contribution >= 0.6 is 0 Å². The highest BCUT2D eigenvalue weighted by atomic mass is 32.2. The lowest BCUT2D eigenvalue weighted by Gasteiger charge is -2.34. The summed E-state index contributed by atoms with van der Waals surface area (Å²) in [5.41, 5.74) is -0.264. The Morgan fingerprint density at radius 3 is 2.39 bits per heavy atom. The van der Waals surface area contributed by atoms with Crippen molar-refractivity contribution in [1.29, 1.82) is 0 Å². The lowest BCUT2D eigenvalue weighted by molar-refractivity contribution is 0.102. The van der Waals surface area contributed by atoms with Crippen LogP contribution in [0.25, 0.3) is 0 Å². The van der Waals surface area contributed by atoms with Crippen LogP contribution in [-0.4, -0.2) is 31.7 Å². The van der Waals surface area contributed by atoms with E-state index in [0.717, 1.165) is 30.7 Å². The molecule has 8 heteroatoms. The number of hydrogen-bond acceptors (Lipinski definition) is 3. The molecule has 5 nitrogen and oxygen atoms in total. The monoisotopic (exact) mass is 408 g/mol. The Bertz CT molecular complexity index is 985. The quantitative estimate of drug-likeness (QED) is 0.835. The normalized spacial score (nSPS) is 20.7. The summed E-state index contributed by atoms with van der Waals surface area (Å²) in [5, 5.41) is 2.38. The van der Waals surface area contributed by atoms with Crippen LogP contribution in [0.1, 0.15) is 30.6 Å². The van der Waals surface area contributed by atoms with E-state index >= 15 is 0 Å². The number of carbonyl (C=O) groups is 1. The number of amides is 1. The molecule has 0 bridgehead atoms. The van der Waals surface area contributed by atoms with Gasteiger partial charge in [-0.25, -0.2) is 17.2 Å². The minimum atomic E-state index is -3.85. The maximum Gasteiger partial charge on any atom is 0.258 e. The van der Waals surface area contributed by atoms with Crippen LogP contribution in [0.15, 0.2) is 47.4 Å². The van der Waals surface area contributed by atoms with Gasteiger partial charge in [-0.1, -0.05) is 19.9 Å². The van der Waals surface area contributed by atoms with Crippen LogP contribution in [0.4, 0.5) is 14.5 Å². The van der Waals surface area contributed by atoms with Crippen molar-refractivity contribution in [3.8, 4) is 0 Å². The molecule has 2 aromatic carbocycles. The molecule has 3 rings (SSSR count). The third-order valence-electron chi connectivity index (χ3n) is 4.74. The number of piperidine rings is 1. The Kier molecular flexibility index (Phi) is 5.81. The zero-order valence-electron chi connectivity index (χ0n) is 15.7. The number of nitrogens with one attached hydrogen (secondary N) is 1. The van der Waals surface area contributed by atoms with Gasteiger partial charge in [0, 0.05) is 18.8 Å². The molecule has 0 aliphatic carbocycles. The fraction of sp³-hybridized carbons (Fsp3) is 0.350. The maximum absolute atomic E-state index is 14.2. The van der Waals surface area contributed by atoms with Gasteiger partial charge in [-0.15, -0.1) is 0 Å². The van der Waals surface area contributed by atoms with Gasteiger partial charge in [0.15, 0.2) is 0 Å². The first-order valence-corrected chi connectivity index (χ1v) is 10.5. The fourth-order valence-electron chi connectivity index (χ4n) is 3.55. The molecular weight excluding hydrogens is 386 g/mol. The number of halogens is 2. The van der Waals surface area contributed by atoms with Gasteiger partial charge in [-0.05, 0) is 54.7 Å². The first kappa shape index (κ1) is 20.4. The molecule has 150 valence electrons. The first-order valence-electron chi connectivity index (χ1n) is 9.03. The second kappa shape index (κ2) is 7.97. The van der Waals surface area contributed by atoms with E-state index < -0.39 is 33.1 Å². The molecule has 0 radical (unpaired) electrons. The van der Waals surface area contributed by atoms with Gasteiger partial charge < -0.3 is 5.32 Å². The molecular formula is C20H22F2N2O3S. The van der Waals surface area contributed by atoms with Crippen molar-refractivity contribution >= 4 is 21.6 Å². The van der Waals surface area contributed by atoms with E-state index in [9.17, 15) is 22.0 Å². The summed E-state index contributed by atoms with van der Waals surface area (Å²) < 4.78 is 54.9. The summed E-state index contributed by atoms with van der Waals surface area (Å²) in [6, 6.07) is 8.31. The molecule has 2 aromatic rings. The van der Waals surface area contributed by atoms with Crippen molar-refractivity contribution in [3.63, 3.8) is 0 Å². The molecule has 0 aromatic heterocycles. The Labute approximate surface area is 163 Å². The van der Waals surface area contributed by atoms with Crippen LogP contribution in [0.2, 0.25) is 0 Å². The zero-order valence-corrected chi connectivity index (χ0v) is 16.5. The largest absolute Gasteiger partial charge is 0.322 e. The van der Waals surface area contributed by atoms with Gasteiger partial charge in [0.2, 0.25) is 10.0 Å². The van der Waals surface area contributed by atoms with Gasteiger partial charge >= 0.3 is 0 Å². The second-order valence-corrected chi connectivity index (χ2v) is 9.31. The fourth-order valence-corrected chi connectivity index (χ4v) is 5.26. The minimum absolute atomic E-state index is 0.139. The van der Waals surface area contributed by atoms with Gasteiger partial charge in [-0.3, -0.25) is 4.79 Å². The van der Waals surface area contributed by atoms with E-state index in [1.165, 1.54) is 22.5 Å². The molecule has 1 N–H and O–H groups in total. The summed E-state index contributed by atoms with van der Waals surface area (Å²) in [5.74, 6) is -1.82. The van der Waals surface area contributed by atoms with Crippen LogP contribution in [0, 0.1) is 23.5 Å². The molecule has 1 aliphatic rings. The van der Waals surface area contributed by atoms with Crippen LogP contribution in [0.5, 0.6) is 0 Å². The van der Waals surface area contributed by atoms with Crippen molar-refractivity contribution in [3.05, 3.63) is 59.7 Å². The smallest absolute Gasteiger partial charge is 0.258 e. The highest BCUT2D eigenvalue weighted by Crippen LogP contribution is 2.27. The molecule has 28 heavy (non-hydrogen) atoms. The van der Waals surface area contributed by atoms with Crippen LogP contribution in [0.3, 0.4) is 0 Å². The average Bonchev–Trinajstić information content (AvgIpc) is 2.61. The highest BCUT2D eigenvalue weighted by molar-refractivity contribution is 7.89. The number of sulfonamides is 1. The summed E-state index contributed by atoms with van der Waals surface area (Å²) in [4.78, 5) is 12.3. The van der Waals surface area contributed by atoms with Crippen LogP contribution in [-0.2, 0) is 10.0 Å². The van der Waals surface area contributed by atoms with Crippen LogP contribution < -0.4 is 5.32 Å². The summed E-state index contributed by atoms with van der Waals surface area (Å²) in [7, 11) is -3.85. The zero-order chi connectivity index (χ0) is 20.5. The number of carbonyl (C=O) groups excluding carboxylic acids is 1. The number of hydrogen-bond donors (Lipinski definition) is 1. The van der Waals surface area contributed by atoms with E-state index in [4.69, 9.17) is 0 Å². The van der Waals surface area contributed by atoms with E-state index in [1.807, 2.05) is 13.8 Å². The van der Waals surface area contributed by atoms with Crippen molar-refractivity contribution in [2.45, 2.75) is 25.2 Å². The molecule has 1 fully saturated rings. The van der Waals surface area contributed by atoms with E-state index in [-0.39, 0.29) is 22.4 Å². The van der Waals surface area contributed by atoms with E-state index in [2.05, 4.69) is 5.32 Å². The molecule has 1 saturated heterocycles. The third kappa shape index (κ3) is 4.39. The molecule has 0 spiro atoms. The van der Waals surface area contributed by atoms with Gasteiger partial charge in [0.1, 0.15) is 11.6 Å². The summed E-state index contributed by atoms with van der Waals surface area (Å²) in [6.07, 6.45) is 0.941. The maximum atomic E-state index is 14.2. The molecule has 0 saturated carbocycles. The Hall–Kier alpha value is -2.32. The summed E-state index contributed by atoms with van der Waals surface area (Å²) in [6.45, 7) is 4.74. The van der Waals surface area contributed by atoms with Crippen molar-refractivity contribution in [2.24, 2.45) is 11.8 Å². The van der Waals surface area contributed by atoms with Crippen molar-refractivity contribution in [2.75, 3.05) is 18.4 Å². The number of benzene rings is 2. The Morgan fingerprint density at radius 2 is 1.75 bits per heavy atom. The first-order chi connectivity index (χ1) is 13.2. The molecule has 1 amide bonds. The summed E-state index contributed by atoms with van der Waals surface area (Å²) >= 11 is 0.